The second-order valence-electron chi connectivity index (χ2n) is 2.33. The Morgan fingerprint density at radius 2 is 2.18 bits per heavy atom. The van der Waals surface area contributed by atoms with Crippen LogP contribution in [0.3, 0.4) is 0 Å². The molecule has 0 aliphatic carbocycles. The summed E-state index contributed by atoms with van der Waals surface area (Å²) in [5.74, 6) is -0.163. The standard InChI is InChI=1S/C10H15F/c1-4-7-9(6-3)10(11)8-5-2/h5-6,8H,3-4,7H2,1-2H3/b8-5-,10-9-. The second kappa shape index (κ2) is 5.90. The molecule has 0 fully saturated rings. The fourth-order valence-corrected chi connectivity index (χ4v) is 0.842. The lowest BCUT2D eigenvalue weighted by molar-refractivity contribution is 0.648. The Bertz CT molecular complexity index is 175. The van der Waals surface area contributed by atoms with E-state index in [2.05, 4.69) is 6.58 Å². The third kappa shape index (κ3) is 3.76. The highest BCUT2D eigenvalue weighted by atomic mass is 19.1. The lowest BCUT2D eigenvalue weighted by Gasteiger charge is -1.98. The molecule has 0 rings (SSSR count). The van der Waals surface area contributed by atoms with Gasteiger partial charge >= 0.3 is 0 Å². The van der Waals surface area contributed by atoms with E-state index in [0.717, 1.165) is 12.8 Å². The van der Waals surface area contributed by atoms with Gasteiger partial charge in [0.2, 0.25) is 0 Å². The fraction of sp³-hybridized carbons (Fsp3) is 0.400. The van der Waals surface area contributed by atoms with Crippen molar-refractivity contribution in [1.82, 2.24) is 0 Å². The summed E-state index contributed by atoms with van der Waals surface area (Å²) in [6.45, 7) is 7.37. The van der Waals surface area contributed by atoms with E-state index in [0.29, 0.717) is 5.57 Å². The molecule has 0 spiro atoms. The van der Waals surface area contributed by atoms with Crippen LogP contribution in [0.2, 0.25) is 0 Å². The molecule has 0 N–H and O–H groups in total. The predicted molar refractivity (Wildman–Crippen MR) is 48.1 cm³/mol. The minimum atomic E-state index is -0.163. The normalized spacial score (nSPS) is 13.4. The second-order valence-corrected chi connectivity index (χ2v) is 2.33. The zero-order valence-corrected chi connectivity index (χ0v) is 7.23. The van der Waals surface area contributed by atoms with E-state index < -0.39 is 0 Å². The smallest absolute Gasteiger partial charge is 0.126 e. The Morgan fingerprint density at radius 1 is 1.55 bits per heavy atom. The molecule has 62 valence electrons. The topological polar surface area (TPSA) is 0 Å². The summed E-state index contributed by atoms with van der Waals surface area (Å²) in [6, 6.07) is 0. The first-order valence-corrected chi connectivity index (χ1v) is 3.90. The number of allylic oxidation sites excluding steroid dienone is 5. The van der Waals surface area contributed by atoms with Gasteiger partial charge in [0.1, 0.15) is 5.83 Å². The first-order chi connectivity index (χ1) is 5.26. The summed E-state index contributed by atoms with van der Waals surface area (Å²) in [4.78, 5) is 0. The first kappa shape index (κ1) is 10.2. The van der Waals surface area contributed by atoms with Crippen molar-refractivity contribution in [3.8, 4) is 0 Å². The van der Waals surface area contributed by atoms with Crippen LogP contribution < -0.4 is 0 Å². The van der Waals surface area contributed by atoms with Gasteiger partial charge < -0.3 is 0 Å². The molecule has 0 unspecified atom stereocenters. The van der Waals surface area contributed by atoms with Crippen molar-refractivity contribution in [2.24, 2.45) is 0 Å². The highest BCUT2D eigenvalue weighted by molar-refractivity contribution is 5.27. The highest BCUT2D eigenvalue weighted by Crippen LogP contribution is 2.14. The summed E-state index contributed by atoms with van der Waals surface area (Å²) in [5.41, 5.74) is 0.700. The van der Waals surface area contributed by atoms with E-state index in [9.17, 15) is 4.39 Å². The Balaban J connectivity index is 4.38. The molecule has 0 saturated carbocycles. The largest absolute Gasteiger partial charge is 0.207 e. The summed E-state index contributed by atoms with van der Waals surface area (Å²) >= 11 is 0. The average Bonchev–Trinajstić information content (AvgIpc) is 2.00. The lowest BCUT2D eigenvalue weighted by Crippen LogP contribution is -1.80. The molecule has 0 aliphatic heterocycles. The lowest BCUT2D eigenvalue weighted by atomic mass is 10.1. The van der Waals surface area contributed by atoms with Crippen LogP contribution in [0.4, 0.5) is 4.39 Å². The molecule has 0 saturated heterocycles. The molecule has 0 radical (unpaired) electrons. The van der Waals surface area contributed by atoms with Gasteiger partial charge in [0.25, 0.3) is 0 Å². The van der Waals surface area contributed by atoms with E-state index in [4.69, 9.17) is 0 Å². The Hall–Kier alpha value is -0.850. The summed E-state index contributed by atoms with van der Waals surface area (Å²) in [5, 5.41) is 0. The zero-order chi connectivity index (χ0) is 8.69. The van der Waals surface area contributed by atoms with Crippen LogP contribution in [0, 0.1) is 0 Å². The van der Waals surface area contributed by atoms with Crippen LogP contribution in [-0.4, -0.2) is 0 Å². The van der Waals surface area contributed by atoms with Crippen LogP contribution in [-0.2, 0) is 0 Å². The fourth-order valence-electron chi connectivity index (χ4n) is 0.842. The average molecular weight is 154 g/mol. The van der Waals surface area contributed by atoms with Crippen molar-refractivity contribution in [3.63, 3.8) is 0 Å². The molecule has 11 heavy (non-hydrogen) atoms. The van der Waals surface area contributed by atoms with Gasteiger partial charge in [-0.1, -0.05) is 32.1 Å². The molecule has 1 heteroatoms. The van der Waals surface area contributed by atoms with Gasteiger partial charge in [-0.2, -0.15) is 0 Å². The molecular formula is C10H15F. The van der Waals surface area contributed by atoms with Crippen molar-refractivity contribution < 1.29 is 4.39 Å². The van der Waals surface area contributed by atoms with Gasteiger partial charge in [0.15, 0.2) is 0 Å². The molecular weight excluding hydrogens is 139 g/mol. The SMILES string of the molecule is C=C/C(CCC)=C(F)\C=C/C. The Morgan fingerprint density at radius 3 is 2.55 bits per heavy atom. The quantitative estimate of drug-likeness (QED) is 0.541. The maximum Gasteiger partial charge on any atom is 0.126 e. The van der Waals surface area contributed by atoms with Gasteiger partial charge in [-0.3, -0.25) is 0 Å². The van der Waals surface area contributed by atoms with E-state index >= 15 is 0 Å². The highest BCUT2D eigenvalue weighted by Gasteiger charge is 1.96. The third-order valence-corrected chi connectivity index (χ3v) is 1.39. The van der Waals surface area contributed by atoms with Crippen molar-refractivity contribution in [1.29, 1.82) is 0 Å². The first-order valence-electron chi connectivity index (χ1n) is 3.90. The summed E-state index contributed by atoms with van der Waals surface area (Å²) in [7, 11) is 0. The summed E-state index contributed by atoms with van der Waals surface area (Å²) < 4.78 is 13.0. The molecule has 0 nitrogen and oxygen atoms in total. The van der Waals surface area contributed by atoms with Crippen LogP contribution in [0.1, 0.15) is 26.7 Å². The maximum atomic E-state index is 13.0. The number of hydrogen-bond acceptors (Lipinski definition) is 0. The van der Waals surface area contributed by atoms with Gasteiger partial charge in [0, 0.05) is 0 Å². The van der Waals surface area contributed by atoms with Gasteiger partial charge in [-0.05, 0) is 25.0 Å². The molecule has 0 aromatic rings. The monoisotopic (exact) mass is 154 g/mol. The molecule has 0 amide bonds. The van der Waals surface area contributed by atoms with Crippen molar-refractivity contribution >= 4 is 0 Å². The van der Waals surface area contributed by atoms with E-state index in [1.807, 2.05) is 6.92 Å². The third-order valence-electron chi connectivity index (χ3n) is 1.39. The number of rotatable bonds is 4. The van der Waals surface area contributed by atoms with E-state index in [1.165, 1.54) is 6.08 Å². The molecule has 0 atom stereocenters. The van der Waals surface area contributed by atoms with Crippen molar-refractivity contribution in [3.05, 3.63) is 36.2 Å². The number of halogens is 1. The minimum absolute atomic E-state index is 0.163. The van der Waals surface area contributed by atoms with Crippen LogP contribution in [0.5, 0.6) is 0 Å². The van der Waals surface area contributed by atoms with Gasteiger partial charge in [-0.15, -0.1) is 0 Å². The Labute approximate surface area is 68.1 Å². The van der Waals surface area contributed by atoms with Crippen LogP contribution >= 0.6 is 0 Å². The van der Waals surface area contributed by atoms with E-state index in [-0.39, 0.29) is 5.83 Å². The van der Waals surface area contributed by atoms with Crippen LogP contribution in [0.15, 0.2) is 36.2 Å². The predicted octanol–water partition coefficient (Wildman–Crippen LogP) is 3.77. The Kier molecular flexibility index (Phi) is 5.44. The summed E-state index contributed by atoms with van der Waals surface area (Å²) in [6.07, 6.45) is 6.45. The maximum absolute atomic E-state index is 13.0. The van der Waals surface area contributed by atoms with Crippen molar-refractivity contribution in [2.45, 2.75) is 26.7 Å². The number of hydrogen-bond donors (Lipinski definition) is 0. The molecule has 0 aromatic heterocycles. The minimum Gasteiger partial charge on any atom is -0.207 e. The van der Waals surface area contributed by atoms with Crippen LogP contribution in [0.25, 0.3) is 0 Å². The molecule has 0 aromatic carbocycles. The van der Waals surface area contributed by atoms with Gasteiger partial charge in [-0.25, -0.2) is 4.39 Å². The molecule has 0 heterocycles. The zero-order valence-electron chi connectivity index (χ0n) is 7.23. The van der Waals surface area contributed by atoms with Crippen molar-refractivity contribution in [2.75, 3.05) is 0 Å². The van der Waals surface area contributed by atoms with E-state index in [1.54, 1.807) is 19.1 Å². The molecule has 0 aliphatic rings. The van der Waals surface area contributed by atoms with Gasteiger partial charge in [0.05, 0.1) is 0 Å². The molecule has 0 bridgehead atoms.